The van der Waals surface area contributed by atoms with E-state index in [-0.39, 0.29) is 5.41 Å². The first-order chi connectivity index (χ1) is 7.18. The van der Waals surface area contributed by atoms with Gasteiger partial charge in [-0.3, -0.25) is 4.55 Å². The Bertz CT molecular complexity index is 492. The summed E-state index contributed by atoms with van der Waals surface area (Å²) in [6.07, 6.45) is 0.803. The molecule has 16 heavy (non-hydrogen) atoms. The first kappa shape index (κ1) is 13.1. The second-order valence-electron chi connectivity index (χ2n) is 4.36. The SMILES string of the molecule is CCC(C)(C)c1ccc(S(=O)(=O)O)c(F)c1. The molecule has 0 atom stereocenters. The molecule has 5 heteroatoms. The highest BCUT2D eigenvalue weighted by atomic mass is 32.2. The molecule has 0 aliphatic carbocycles. The van der Waals surface area contributed by atoms with E-state index in [9.17, 15) is 12.8 Å². The third kappa shape index (κ3) is 2.59. The van der Waals surface area contributed by atoms with E-state index in [1.807, 2.05) is 20.8 Å². The highest BCUT2D eigenvalue weighted by molar-refractivity contribution is 7.85. The van der Waals surface area contributed by atoms with E-state index in [4.69, 9.17) is 4.55 Å². The first-order valence-electron chi connectivity index (χ1n) is 4.96. The molecule has 0 saturated carbocycles. The topological polar surface area (TPSA) is 54.4 Å². The van der Waals surface area contributed by atoms with Gasteiger partial charge in [0.2, 0.25) is 0 Å². The molecule has 1 aromatic rings. The number of benzene rings is 1. The Balaban J connectivity index is 3.30. The molecule has 0 saturated heterocycles. The van der Waals surface area contributed by atoms with Gasteiger partial charge in [-0.25, -0.2) is 4.39 Å². The van der Waals surface area contributed by atoms with Gasteiger partial charge < -0.3 is 0 Å². The van der Waals surface area contributed by atoms with E-state index in [2.05, 4.69) is 0 Å². The van der Waals surface area contributed by atoms with E-state index in [0.717, 1.165) is 18.6 Å². The summed E-state index contributed by atoms with van der Waals surface area (Å²) in [5.41, 5.74) is 0.485. The molecule has 1 aromatic carbocycles. The molecule has 1 rings (SSSR count). The molecule has 0 heterocycles. The molecular formula is C11H15FO3S. The molecule has 0 radical (unpaired) electrons. The van der Waals surface area contributed by atoms with E-state index >= 15 is 0 Å². The smallest absolute Gasteiger partial charge is 0.282 e. The van der Waals surface area contributed by atoms with Crippen molar-refractivity contribution in [2.45, 2.75) is 37.5 Å². The van der Waals surface area contributed by atoms with Crippen LogP contribution in [0.5, 0.6) is 0 Å². The first-order valence-corrected chi connectivity index (χ1v) is 6.40. The summed E-state index contributed by atoms with van der Waals surface area (Å²) in [5, 5.41) is 0. The summed E-state index contributed by atoms with van der Waals surface area (Å²) in [5.74, 6) is -0.915. The maximum atomic E-state index is 13.5. The minimum absolute atomic E-state index is 0.224. The highest BCUT2D eigenvalue weighted by Crippen LogP contribution is 2.28. The highest BCUT2D eigenvalue weighted by Gasteiger charge is 2.22. The fourth-order valence-corrected chi connectivity index (χ4v) is 1.88. The van der Waals surface area contributed by atoms with Crippen molar-refractivity contribution in [1.29, 1.82) is 0 Å². The Labute approximate surface area is 95.1 Å². The predicted molar refractivity (Wildman–Crippen MR) is 59.5 cm³/mol. The lowest BCUT2D eigenvalue weighted by atomic mass is 9.82. The van der Waals surface area contributed by atoms with Gasteiger partial charge in [-0.15, -0.1) is 0 Å². The Hall–Kier alpha value is -0.940. The zero-order valence-corrected chi connectivity index (χ0v) is 10.3. The molecule has 0 fully saturated rings. The fourth-order valence-electron chi connectivity index (χ4n) is 1.34. The number of halogens is 1. The molecular weight excluding hydrogens is 231 g/mol. The van der Waals surface area contributed by atoms with Crippen LogP contribution >= 0.6 is 0 Å². The maximum absolute atomic E-state index is 13.5. The van der Waals surface area contributed by atoms with Crippen molar-refractivity contribution in [2.24, 2.45) is 0 Å². The molecule has 0 spiro atoms. The Morgan fingerprint density at radius 3 is 2.31 bits per heavy atom. The summed E-state index contributed by atoms with van der Waals surface area (Å²) in [4.78, 5) is -0.678. The van der Waals surface area contributed by atoms with Crippen molar-refractivity contribution in [1.82, 2.24) is 0 Å². The van der Waals surface area contributed by atoms with Crippen LogP contribution in [-0.4, -0.2) is 13.0 Å². The van der Waals surface area contributed by atoms with Crippen LogP contribution in [0.4, 0.5) is 4.39 Å². The molecule has 0 bridgehead atoms. The monoisotopic (exact) mass is 246 g/mol. The number of rotatable bonds is 3. The van der Waals surface area contributed by atoms with Crippen molar-refractivity contribution in [2.75, 3.05) is 0 Å². The molecule has 0 unspecified atom stereocenters. The average Bonchev–Trinajstić information content (AvgIpc) is 2.15. The van der Waals surface area contributed by atoms with Crippen LogP contribution in [0.1, 0.15) is 32.8 Å². The van der Waals surface area contributed by atoms with E-state index in [1.54, 1.807) is 0 Å². The summed E-state index contributed by atoms with van der Waals surface area (Å²) >= 11 is 0. The van der Waals surface area contributed by atoms with Gasteiger partial charge in [0.15, 0.2) is 0 Å². The third-order valence-corrected chi connectivity index (χ3v) is 3.76. The van der Waals surface area contributed by atoms with Crippen LogP contribution in [0.2, 0.25) is 0 Å². The largest absolute Gasteiger partial charge is 0.297 e. The minimum Gasteiger partial charge on any atom is -0.282 e. The maximum Gasteiger partial charge on any atom is 0.297 e. The van der Waals surface area contributed by atoms with Gasteiger partial charge >= 0.3 is 0 Å². The van der Waals surface area contributed by atoms with Crippen molar-refractivity contribution >= 4 is 10.1 Å². The van der Waals surface area contributed by atoms with Crippen molar-refractivity contribution in [3.63, 3.8) is 0 Å². The lowest BCUT2D eigenvalue weighted by molar-refractivity contribution is 0.468. The number of hydrogen-bond acceptors (Lipinski definition) is 2. The predicted octanol–water partition coefficient (Wildman–Crippen LogP) is 2.76. The molecule has 0 aromatic heterocycles. The zero-order valence-electron chi connectivity index (χ0n) is 9.49. The van der Waals surface area contributed by atoms with E-state index in [1.165, 1.54) is 6.07 Å². The Morgan fingerprint density at radius 1 is 1.38 bits per heavy atom. The van der Waals surface area contributed by atoms with Crippen LogP contribution in [0.15, 0.2) is 23.1 Å². The van der Waals surface area contributed by atoms with Crippen molar-refractivity contribution < 1.29 is 17.4 Å². The molecule has 1 N–H and O–H groups in total. The standard InChI is InChI=1S/C11H15FO3S/c1-4-11(2,3)8-5-6-10(9(12)7-8)16(13,14)15/h5-7H,4H2,1-3H3,(H,13,14,15). The van der Waals surface area contributed by atoms with E-state index < -0.39 is 20.8 Å². The number of hydrogen-bond donors (Lipinski definition) is 1. The molecule has 0 aliphatic heterocycles. The Kier molecular flexibility index (Phi) is 3.40. The molecule has 0 amide bonds. The molecule has 90 valence electrons. The summed E-state index contributed by atoms with van der Waals surface area (Å²) < 4.78 is 43.8. The summed E-state index contributed by atoms with van der Waals surface area (Å²) in [6.45, 7) is 5.85. The molecule has 3 nitrogen and oxygen atoms in total. The van der Waals surface area contributed by atoms with Crippen LogP contribution in [0, 0.1) is 5.82 Å². The minimum atomic E-state index is -4.48. The lowest BCUT2D eigenvalue weighted by Gasteiger charge is -2.23. The normalized spacial score (nSPS) is 12.8. The van der Waals surface area contributed by atoms with Crippen LogP contribution in [-0.2, 0) is 15.5 Å². The van der Waals surface area contributed by atoms with Crippen LogP contribution in [0.25, 0.3) is 0 Å². The Morgan fingerprint density at radius 2 is 1.94 bits per heavy atom. The van der Waals surface area contributed by atoms with Gasteiger partial charge in [0.25, 0.3) is 10.1 Å². The van der Waals surface area contributed by atoms with Crippen molar-refractivity contribution in [3.05, 3.63) is 29.6 Å². The van der Waals surface area contributed by atoms with Gasteiger partial charge in [-0.2, -0.15) is 8.42 Å². The van der Waals surface area contributed by atoms with Crippen LogP contribution in [0.3, 0.4) is 0 Å². The van der Waals surface area contributed by atoms with Crippen molar-refractivity contribution in [3.8, 4) is 0 Å². The molecule has 0 aliphatic rings. The average molecular weight is 246 g/mol. The zero-order chi connectivity index (χ0) is 12.6. The summed E-state index contributed by atoms with van der Waals surface area (Å²) in [6, 6.07) is 3.78. The van der Waals surface area contributed by atoms with Gasteiger partial charge in [0.05, 0.1) is 0 Å². The van der Waals surface area contributed by atoms with Crippen LogP contribution < -0.4 is 0 Å². The van der Waals surface area contributed by atoms with Gasteiger partial charge in [0.1, 0.15) is 10.7 Å². The van der Waals surface area contributed by atoms with Gasteiger partial charge in [0, 0.05) is 0 Å². The lowest BCUT2D eigenvalue weighted by Crippen LogP contribution is -2.16. The summed E-state index contributed by atoms with van der Waals surface area (Å²) in [7, 11) is -4.48. The fraction of sp³-hybridized carbons (Fsp3) is 0.455. The van der Waals surface area contributed by atoms with E-state index in [0.29, 0.717) is 5.56 Å². The van der Waals surface area contributed by atoms with Gasteiger partial charge in [-0.1, -0.05) is 26.8 Å². The quantitative estimate of drug-likeness (QED) is 0.834. The third-order valence-electron chi connectivity index (χ3n) is 2.88. The second kappa shape index (κ2) is 4.14. The second-order valence-corrected chi connectivity index (χ2v) is 5.75. The van der Waals surface area contributed by atoms with Gasteiger partial charge in [-0.05, 0) is 29.5 Å².